The van der Waals surface area contributed by atoms with Gasteiger partial charge in [-0.15, -0.1) is 0 Å². The van der Waals surface area contributed by atoms with E-state index in [1.54, 1.807) is 14.2 Å². The zero-order valence-electron chi connectivity index (χ0n) is 19.8. The zero-order chi connectivity index (χ0) is 23.5. The average molecular weight is 450 g/mol. The maximum absolute atomic E-state index is 13.5. The fourth-order valence-corrected chi connectivity index (χ4v) is 4.59. The first-order chi connectivity index (χ1) is 16.0. The first-order valence-corrected chi connectivity index (χ1v) is 11.3. The van der Waals surface area contributed by atoms with E-state index in [2.05, 4.69) is 41.8 Å². The van der Waals surface area contributed by atoms with Crippen molar-refractivity contribution in [2.45, 2.75) is 13.8 Å². The van der Waals surface area contributed by atoms with Crippen molar-refractivity contribution in [1.82, 2.24) is 9.80 Å². The van der Waals surface area contributed by atoms with Gasteiger partial charge in [0.25, 0.3) is 11.8 Å². The van der Waals surface area contributed by atoms with Gasteiger partial charge >= 0.3 is 0 Å². The van der Waals surface area contributed by atoms with Crippen LogP contribution in [0.25, 0.3) is 5.57 Å². The maximum atomic E-state index is 13.5. The number of piperazine rings is 1. The van der Waals surface area contributed by atoms with Gasteiger partial charge in [0.05, 0.1) is 25.8 Å². The molecule has 0 unspecified atom stereocenters. The number of carbonyl (C=O) groups excluding carboxylic acids is 2. The second-order valence-electron chi connectivity index (χ2n) is 8.37. The predicted molar refractivity (Wildman–Crippen MR) is 128 cm³/mol. The van der Waals surface area contributed by atoms with Crippen LogP contribution in [0.3, 0.4) is 0 Å². The fraction of sp³-hybridized carbons (Fsp3) is 0.385. The van der Waals surface area contributed by atoms with Gasteiger partial charge in [0.2, 0.25) is 0 Å². The molecule has 0 radical (unpaired) electrons. The third-order valence-electron chi connectivity index (χ3n) is 6.55. The number of ether oxygens (including phenoxy) is 2. The quantitative estimate of drug-likeness (QED) is 0.606. The Kier molecular flexibility index (Phi) is 6.70. The summed E-state index contributed by atoms with van der Waals surface area (Å²) in [6.45, 7) is 7.63. The van der Waals surface area contributed by atoms with Crippen LogP contribution in [0.1, 0.15) is 16.7 Å². The monoisotopic (exact) mass is 449 g/mol. The average Bonchev–Trinajstić information content (AvgIpc) is 3.08. The molecule has 2 aromatic carbocycles. The molecule has 1 fully saturated rings. The molecular weight excluding hydrogens is 418 g/mol. The zero-order valence-corrected chi connectivity index (χ0v) is 19.8. The molecule has 0 atom stereocenters. The minimum atomic E-state index is -0.298. The van der Waals surface area contributed by atoms with Crippen LogP contribution >= 0.6 is 0 Å². The number of amides is 2. The minimum Gasteiger partial charge on any atom is -0.496 e. The molecule has 4 rings (SSSR count). The summed E-state index contributed by atoms with van der Waals surface area (Å²) in [5, 5.41) is 0. The highest BCUT2D eigenvalue weighted by atomic mass is 16.5. The Morgan fingerprint density at radius 1 is 0.848 bits per heavy atom. The molecule has 2 aliphatic heterocycles. The number of para-hydroxylation sites is 1. The van der Waals surface area contributed by atoms with E-state index >= 15 is 0 Å². The van der Waals surface area contributed by atoms with E-state index in [4.69, 9.17) is 9.47 Å². The highest BCUT2D eigenvalue weighted by Crippen LogP contribution is 2.36. The number of hydrogen-bond donors (Lipinski definition) is 0. The molecule has 2 heterocycles. The van der Waals surface area contributed by atoms with Gasteiger partial charge in [0, 0.05) is 44.5 Å². The van der Waals surface area contributed by atoms with Crippen molar-refractivity contribution in [3.8, 4) is 5.75 Å². The number of aryl methyl sites for hydroxylation is 1. The van der Waals surface area contributed by atoms with E-state index in [1.807, 2.05) is 24.3 Å². The lowest BCUT2D eigenvalue weighted by atomic mass is 10.0. The largest absolute Gasteiger partial charge is 0.496 e. The second kappa shape index (κ2) is 9.67. The lowest BCUT2D eigenvalue weighted by molar-refractivity contribution is -0.138. The number of benzene rings is 2. The van der Waals surface area contributed by atoms with Gasteiger partial charge in [0.1, 0.15) is 11.4 Å². The number of hydrogen-bond acceptors (Lipinski definition) is 6. The fourth-order valence-electron chi connectivity index (χ4n) is 4.59. The van der Waals surface area contributed by atoms with Crippen molar-refractivity contribution in [3.63, 3.8) is 0 Å². The summed E-state index contributed by atoms with van der Waals surface area (Å²) in [6.07, 6.45) is 0. The van der Waals surface area contributed by atoms with Crippen molar-refractivity contribution in [3.05, 3.63) is 64.9 Å². The van der Waals surface area contributed by atoms with E-state index in [0.29, 0.717) is 42.3 Å². The summed E-state index contributed by atoms with van der Waals surface area (Å²) < 4.78 is 10.7. The number of nitrogens with zero attached hydrogens (tertiary/aromatic N) is 3. The van der Waals surface area contributed by atoms with Crippen molar-refractivity contribution >= 4 is 23.1 Å². The molecule has 0 N–H and O–H groups in total. The van der Waals surface area contributed by atoms with Crippen LogP contribution < -0.4 is 9.64 Å². The van der Waals surface area contributed by atoms with E-state index in [1.165, 1.54) is 21.7 Å². The highest BCUT2D eigenvalue weighted by molar-refractivity contribution is 6.36. The molecule has 1 saturated heterocycles. The van der Waals surface area contributed by atoms with Gasteiger partial charge in [0.15, 0.2) is 0 Å². The summed E-state index contributed by atoms with van der Waals surface area (Å²) in [4.78, 5) is 32.6. The molecule has 33 heavy (non-hydrogen) atoms. The van der Waals surface area contributed by atoms with Crippen LogP contribution in [0.15, 0.2) is 48.2 Å². The van der Waals surface area contributed by atoms with Gasteiger partial charge in [-0.2, -0.15) is 0 Å². The molecule has 0 aromatic heterocycles. The molecule has 0 bridgehead atoms. The third kappa shape index (κ3) is 4.20. The van der Waals surface area contributed by atoms with E-state index < -0.39 is 0 Å². The highest BCUT2D eigenvalue weighted by Gasteiger charge is 2.42. The smallest absolute Gasteiger partial charge is 0.277 e. The third-order valence-corrected chi connectivity index (χ3v) is 6.55. The molecular formula is C26H31N3O4. The molecule has 2 amide bonds. The molecule has 2 aromatic rings. The van der Waals surface area contributed by atoms with E-state index in [0.717, 1.165) is 13.1 Å². The van der Waals surface area contributed by atoms with E-state index in [-0.39, 0.29) is 18.4 Å². The van der Waals surface area contributed by atoms with Crippen LogP contribution in [-0.2, 0) is 14.3 Å². The Labute approximate surface area is 195 Å². The van der Waals surface area contributed by atoms with Crippen LogP contribution in [0.5, 0.6) is 5.75 Å². The summed E-state index contributed by atoms with van der Waals surface area (Å²) in [5.74, 6) is 0.0143. The number of methoxy groups -OCH3 is 2. The number of rotatable bonds is 7. The second-order valence-corrected chi connectivity index (χ2v) is 8.37. The van der Waals surface area contributed by atoms with Gasteiger partial charge in [-0.05, 0) is 37.1 Å². The topological polar surface area (TPSA) is 62.3 Å². The lowest BCUT2D eigenvalue weighted by Crippen LogP contribution is -2.48. The van der Waals surface area contributed by atoms with Gasteiger partial charge in [-0.3, -0.25) is 14.5 Å². The first-order valence-electron chi connectivity index (χ1n) is 11.3. The normalized spacial score (nSPS) is 16.8. The lowest BCUT2D eigenvalue weighted by Gasteiger charge is -2.38. The number of carbonyl (C=O) groups is 2. The first kappa shape index (κ1) is 22.9. The predicted octanol–water partition coefficient (Wildman–Crippen LogP) is 2.86. The number of anilines is 1. The summed E-state index contributed by atoms with van der Waals surface area (Å²) in [5.41, 5.74) is 5.28. The van der Waals surface area contributed by atoms with Gasteiger partial charge < -0.3 is 19.3 Å². The van der Waals surface area contributed by atoms with Crippen molar-refractivity contribution < 1.29 is 19.1 Å². The van der Waals surface area contributed by atoms with Crippen LogP contribution in [0.2, 0.25) is 0 Å². The van der Waals surface area contributed by atoms with Crippen LogP contribution in [0, 0.1) is 13.8 Å². The summed E-state index contributed by atoms with van der Waals surface area (Å²) >= 11 is 0. The van der Waals surface area contributed by atoms with Gasteiger partial charge in [-0.1, -0.05) is 30.3 Å². The molecule has 7 nitrogen and oxygen atoms in total. The standard InChI is InChI=1S/C26H31N3O4/c1-18-8-7-10-21(19(18)2)27-12-14-28(15-13-27)24-23(20-9-5-6-11-22(20)33-4)25(30)29(26(24)31)16-17-32-3/h5-11H,12-17H2,1-4H3. The molecule has 0 spiro atoms. The molecule has 2 aliphatic rings. The van der Waals surface area contributed by atoms with Crippen LogP contribution in [0.4, 0.5) is 5.69 Å². The molecule has 174 valence electrons. The maximum Gasteiger partial charge on any atom is 0.277 e. The SMILES string of the molecule is COCCN1C(=O)C(c2ccccc2OC)=C(N2CCN(c3cccc(C)c3C)CC2)C1=O. The minimum absolute atomic E-state index is 0.221. The van der Waals surface area contributed by atoms with Crippen molar-refractivity contribution in [2.75, 3.05) is 58.5 Å². The Hall–Kier alpha value is -3.32. The summed E-state index contributed by atoms with van der Waals surface area (Å²) in [6, 6.07) is 13.7. The Morgan fingerprint density at radius 3 is 2.24 bits per heavy atom. The Balaban J connectivity index is 1.67. The van der Waals surface area contributed by atoms with E-state index in [9.17, 15) is 9.59 Å². The Bertz CT molecular complexity index is 1090. The Morgan fingerprint density at radius 2 is 1.55 bits per heavy atom. The van der Waals surface area contributed by atoms with Crippen molar-refractivity contribution in [1.29, 1.82) is 0 Å². The summed E-state index contributed by atoms with van der Waals surface area (Å²) in [7, 11) is 3.14. The molecule has 0 saturated carbocycles. The molecule has 7 heteroatoms. The molecule has 0 aliphatic carbocycles. The van der Waals surface area contributed by atoms with Gasteiger partial charge in [-0.25, -0.2) is 0 Å². The number of imide groups is 1. The van der Waals surface area contributed by atoms with Crippen LogP contribution in [-0.4, -0.2) is 75.2 Å². The van der Waals surface area contributed by atoms with Crippen molar-refractivity contribution in [2.24, 2.45) is 0 Å².